The third-order valence-electron chi connectivity index (χ3n) is 3.73. The van der Waals surface area contributed by atoms with Crippen molar-refractivity contribution in [1.29, 1.82) is 0 Å². The Hall–Kier alpha value is 0.0500. The Morgan fingerprint density at radius 1 is 1.32 bits per heavy atom. The largest absolute Gasteiger partial charge is 0.391 e. The van der Waals surface area contributed by atoms with E-state index in [-0.39, 0.29) is 5.91 Å². The highest BCUT2D eigenvalue weighted by atomic mass is 33.1. The van der Waals surface area contributed by atoms with Crippen molar-refractivity contribution in [2.24, 2.45) is 5.73 Å². The summed E-state index contributed by atoms with van der Waals surface area (Å²) < 4.78 is 0. The van der Waals surface area contributed by atoms with Gasteiger partial charge in [-0.1, -0.05) is 21.6 Å². The first kappa shape index (κ1) is 15.4. The van der Waals surface area contributed by atoms with Gasteiger partial charge in [0.1, 0.15) is 0 Å². The molecule has 0 aromatic carbocycles. The van der Waals surface area contributed by atoms with E-state index in [0.717, 1.165) is 17.9 Å². The standard InChI is InChI=1S/C12H22N2O3S2/c13-3-5-19-18-4-1-2-11(17)14-8-9(15)6-12(14)7-10(12)16/h9-10,15-16H,1-8,13H2/t9-,10?,12?/m1/s1. The molecule has 1 saturated carbocycles. The summed E-state index contributed by atoms with van der Waals surface area (Å²) in [5.41, 5.74) is 4.96. The van der Waals surface area contributed by atoms with Gasteiger partial charge in [0.05, 0.1) is 17.7 Å². The van der Waals surface area contributed by atoms with E-state index < -0.39 is 17.7 Å². The molecule has 1 heterocycles. The van der Waals surface area contributed by atoms with Gasteiger partial charge in [-0.05, 0) is 6.42 Å². The summed E-state index contributed by atoms with van der Waals surface area (Å²) in [5.74, 6) is 1.94. The number of aliphatic hydroxyl groups is 2. The van der Waals surface area contributed by atoms with Crippen LogP contribution in [0.4, 0.5) is 0 Å². The van der Waals surface area contributed by atoms with Crippen molar-refractivity contribution < 1.29 is 15.0 Å². The van der Waals surface area contributed by atoms with Gasteiger partial charge in [-0.2, -0.15) is 0 Å². The average molecular weight is 306 g/mol. The molecule has 3 atom stereocenters. The van der Waals surface area contributed by atoms with Gasteiger partial charge in [-0.25, -0.2) is 0 Å². The van der Waals surface area contributed by atoms with Gasteiger partial charge >= 0.3 is 0 Å². The molecule has 1 amide bonds. The number of likely N-dealkylation sites (tertiary alicyclic amines) is 1. The fraction of sp³-hybridized carbons (Fsp3) is 0.917. The summed E-state index contributed by atoms with van der Waals surface area (Å²) in [4.78, 5) is 13.9. The fourth-order valence-electron chi connectivity index (χ4n) is 2.69. The lowest BCUT2D eigenvalue weighted by Crippen LogP contribution is -2.39. The number of aliphatic hydroxyl groups excluding tert-OH is 2. The average Bonchev–Trinajstić information content (AvgIpc) is 2.86. The van der Waals surface area contributed by atoms with E-state index in [4.69, 9.17) is 5.73 Å². The van der Waals surface area contributed by atoms with Crippen molar-refractivity contribution in [2.45, 2.75) is 43.4 Å². The van der Waals surface area contributed by atoms with Crippen molar-refractivity contribution in [3.8, 4) is 0 Å². The Balaban J connectivity index is 1.69. The number of carbonyl (C=O) groups is 1. The molecule has 1 aliphatic heterocycles. The Morgan fingerprint density at radius 3 is 2.63 bits per heavy atom. The van der Waals surface area contributed by atoms with Gasteiger partial charge < -0.3 is 20.8 Å². The highest BCUT2D eigenvalue weighted by Gasteiger charge is 2.63. The molecule has 7 heteroatoms. The molecule has 110 valence electrons. The Bertz CT molecular complexity index is 332. The van der Waals surface area contributed by atoms with Crippen LogP contribution >= 0.6 is 21.6 Å². The first-order valence-electron chi connectivity index (χ1n) is 6.71. The smallest absolute Gasteiger partial charge is 0.223 e. The molecule has 4 N–H and O–H groups in total. The fourth-order valence-corrected chi connectivity index (χ4v) is 4.64. The second-order valence-electron chi connectivity index (χ2n) is 5.22. The highest BCUT2D eigenvalue weighted by Crippen LogP contribution is 2.50. The van der Waals surface area contributed by atoms with Gasteiger partial charge in [0.25, 0.3) is 0 Å². The highest BCUT2D eigenvalue weighted by molar-refractivity contribution is 8.76. The second kappa shape index (κ2) is 6.67. The van der Waals surface area contributed by atoms with Crippen LogP contribution in [0.15, 0.2) is 0 Å². The van der Waals surface area contributed by atoms with Crippen LogP contribution in [0.25, 0.3) is 0 Å². The van der Waals surface area contributed by atoms with Gasteiger partial charge in [-0.3, -0.25) is 4.79 Å². The topological polar surface area (TPSA) is 86.8 Å². The second-order valence-corrected chi connectivity index (χ2v) is 7.92. The molecule has 1 spiro atoms. The predicted molar refractivity (Wildman–Crippen MR) is 78.9 cm³/mol. The molecular formula is C12H22N2O3S2. The van der Waals surface area contributed by atoms with Crippen LogP contribution in [0.2, 0.25) is 0 Å². The van der Waals surface area contributed by atoms with E-state index in [9.17, 15) is 15.0 Å². The molecule has 0 bridgehead atoms. The predicted octanol–water partition coefficient (Wildman–Crippen LogP) is 0.203. The van der Waals surface area contributed by atoms with E-state index in [1.54, 1.807) is 26.5 Å². The SMILES string of the molecule is NCCSSCCCC(=O)N1C[C@H](O)CC12CC2O. The normalized spacial score (nSPS) is 33.1. The minimum Gasteiger partial charge on any atom is -0.391 e. The number of amides is 1. The Labute approximate surface area is 121 Å². The van der Waals surface area contributed by atoms with Crippen molar-refractivity contribution in [3.05, 3.63) is 0 Å². The van der Waals surface area contributed by atoms with Crippen LogP contribution in [0.5, 0.6) is 0 Å². The maximum Gasteiger partial charge on any atom is 0.223 e. The first-order valence-corrected chi connectivity index (χ1v) is 9.20. The van der Waals surface area contributed by atoms with Crippen LogP contribution in [0, 0.1) is 0 Å². The third kappa shape index (κ3) is 3.58. The number of β-amino-alcohol motifs (C(OH)–C–C–N with tert-alkyl or cyclic N) is 1. The number of carbonyl (C=O) groups excluding carboxylic acids is 1. The zero-order valence-electron chi connectivity index (χ0n) is 11.0. The number of hydrogen-bond donors (Lipinski definition) is 3. The van der Waals surface area contributed by atoms with Crippen LogP contribution in [-0.4, -0.2) is 63.4 Å². The lowest BCUT2D eigenvalue weighted by molar-refractivity contribution is -0.133. The molecular weight excluding hydrogens is 284 g/mol. The monoisotopic (exact) mass is 306 g/mol. The molecule has 5 nitrogen and oxygen atoms in total. The lowest BCUT2D eigenvalue weighted by Gasteiger charge is -2.24. The molecule has 2 fully saturated rings. The summed E-state index contributed by atoms with van der Waals surface area (Å²) >= 11 is 0. The minimum atomic E-state index is -0.476. The summed E-state index contributed by atoms with van der Waals surface area (Å²) in [7, 11) is 3.48. The molecule has 0 aromatic heterocycles. The van der Waals surface area contributed by atoms with Crippen LogP contribution in [-0.2, 0) is 4.79 Å². The Morgan fingerprint density at radius 2 is 2.00 bits per heavy atom. The zero-order valence-corrected chi connectivity index (χ0v) is 12.6. The molecule has 1 saturated heterocycles. The van der Waals surface area contributed by atoms with Crippen LogP contribution in [0.1, 0.15) is 25.7 Å². The number of nitrogens with two attached hydrogens (primary N) is 1. The quantitative estimate of drug-likeness (QED) is 0.460. The number of rotatable bonds is 7. The van der Waals surface area contributed by atoms with Gasteiger partial charge in [0, 0.05) is 43.9 Å². The van der Waals surface area contributed by atoms with Crippen molar-refractivity contribution in [2.75, 3.05) is 24.6 Å². The molecule has 0 aromatic rings. The zero-order chi connectivity index (χ0) is 13.9. The molecule has 0 radical (unpaired) electrons. The lowest BCUT2D eigenvalue weighted by atomic mass is 10.1. The summed E-state index contributed by atoms with van der Waals surface area (Å²) in [6.45, 7) is 1.06. The van der Waals surface area contributed by atoms with E-state index in [2.05, 4.69) is 0 Å². The summed E-state index contributed by atoms with van der Waals surface area (Å²) in [6, 6.07) is 0. The first-order chi connectivity index (χ1) is 9.10. The summed E-state index contributed by atoms with van der Waals surface area (Å²) in [5, 5.41) is 19.4. The third-order valence-corrected chi connectivity index (χ3v) is 6.26. The molecule has 2 rings (SSSR count). The van der Waals surface area contributed by atoms with Crippen molar-refractivity contribution >= 4 is 27.5 Å². The van der Waals surface area contributed by atoms with E-state index in [1.807, 2.05) is 0 Å². The van der Waals surface area contributed by atoms with Crippen LogP contribution in [0.3, 0.4) is 0 Å². The van der Waals surface area contributed by atoms with Crippen LogP contribution < -0.4 is 5.73 Å². The van der Waals surface area contributed by atoms with Gasteiger partial charge in [0.15, 0.2) is 0 Å². The molecule has 2 aliphatic rings. The van der Waals surface area contributed by atoms with E-state index in [1.165, 1.54) is 0 Å². The molecule has 1 aliphatic carbocycles. The van der Waals surface area contributed by atoms with Crippen molar-refractivity contribution in [1.82, 2.24) is 4.90 Å². The minimum absolute atomic E-state index is 0.0672. The molecule has 19 heavy (non-hydrogen) atoms. The van der Waals surface area contributed by atoms with E-state index in [0.29, 0.717) is 32.4 Å². The van der Waals surface area contributed by atoms with Gasteiger partial charge in [0.2, 0.25) is 5.91 Å². The maximum absolute atomic E-state index is 12.1. The molecule has 2 unspecified atom stereocenters. The number of hydrogen-bond acceptors (Lipinski definition) is 6. The number of nitrogens with zero attached hydrogens (tertiary/aromatic N) is 1. The maximum atomic E-state index is 12.1. The summed E-state index contributed by atoms with van der Waals surface area (Å²) in [6.07, 6.45) is 1.56. The Kier molecular flexibility index (Phi) is 5.42. The van der Waals surface area contributed by atoms with Gasteiger partial charge in [-0.15, -0.1) is 0 Å². The van der Waals surface area contributed by atoms with E-state index >= 15 is 0 Å². The van der Waals surface area contributed by atoms with Crippen molar-refractivity contribution in [3.63, 3.8) is 0 Å².